The molecule has 0 unspecified atom stereocenters. The molecule has 0 atom stereocenters. The molecule has 7 nitrogen and oxygen atoms in total. The van der Waals surface area contributed by atoms with E-state index in [0.717, 1.165) is 4.31 Å². The Labute approximate surface area is 88.1 Å². The zero-order valence-electron chi connectivity index (χ0n) is 8.59. The molecule has 0 amide bonds. The van der Waals surface area contributed by atoms with Crippen LogP contribution in [0.2, 0.25) is 0 Å². The van der Waals surface area contributed by atoms with Crippen LogP contribution in [-0.4, -0.2) is 36.6 Å². The molecule has 0 aliphatic rings. The fourth-order valence-corrected chi connectivity index (χ4v) is 1.44. The van der Waals surface area contributed by atoms with Crippen LogP contribution in [0.4, 0.5) is 5.82 Å². The third-order valence-corrected chi connectivity index (χ3v) is 3.07. The van der Waals surface area contributed by atoms with Crippen LogP contribution in [0, 0.1) is 11.3 Å². The van der Waals surface area contributed by atoms with Gasteiger partial charge >= 0.3 is 10.2 Å². The fraction of sp³-hybridized carbons (Fsp3) is 0.429. The van der Waals surface area contributed by atoms with E-state index in [9.17, 15) is 8.42 Å². The van der Waals surface area contributed by atoms with Gasteiger partial charge < -0.3 is 0 Å². The first kappa shape index (κ1) is 11.5. The second-order valence-electron chi connectivity index (χ2n) is 3.07. The Morgan fingerprint density at radius 3 is 2.67 bits per heavy atom. The minimum absolute atomic E-state index is 0.0358. The summed E-state index contributed by atoms with van der Waals surface area (Å²) in [5.41, 5.74) is 0.183. The Balaban J connectivity index is 3.06. The molecular formula is C7H11N5O2S. The topological polar surface area (TPSA) is 91.0 Å². The van der Waals surface area contributed by atoms with Crippen molar-refractivity contribution < 1.29 is 8.42 Å². The smallest absolute Gasteiger partial charge is 0.272 e. The highest BCUT2D eigenvalue weighted by molar-refractivity contribution is 7.90. The summed E-state index contributed by atoms with van der Waals surface area (Å²) in [5.74, 6) is 0.0358. The van der Waals surface area contributed by atoms with Crippen molar-refractivity contribution in [1.29, 1.82) is 5.26 Å². The summed E-state index contributed by atoms with van der Waals surface area (Å²) in [6.07, 6.45) is 1.44. The lowest BCUT2D eigenvalue weighted by Crippen LogP contribution is -2.29. The summed E-state index contributed by atoms with van der Waals surface area (Å²) in [5, 5.41) is 12.5. The van der Waals surface area contributed by atoms with E-state index in [0.29, 0.717) is 0 Å². The first-order valence-electron chi connectivity index (χ1n) is 4.01. The molecule has 0 saturated heterocycles. The van der Waals surface area contributed by atoms with E-state index >= 15 is 0 Å². The Hall–Kier alpha value is -1.59. The number of nitrogens with one attached hydrogen (secondary N) is 1. The van der Waals surface area contributed by atoms with Gasteiger partial charge in [0.05, 0.1) is 0 Å². The molecule has 82 valence electrons. The zero-order chi connectivity index (χ0) is 11.6. The molecule has 8 heteroatoms. The van der Waals surface area contributed by atoms with Crippen molar-refractivity contribution in [2.45, 2.75) is 0 Å². The van der Waals surface area contributed by atoms with Crippen molar-refractivity contribution in [1.82, 2.24) is 14.1 Å². The van der Waals surface area contributed by atoms with Gasteiger partial charge in [-0.15, -0.1) is 0 Å². The molecule has 0 saturated carbocycles. The highest BCUT2D eigenvalue weighted by Crippen LogP contribution is 2.13. The number of nitrogens with zero attached hydrogens (tertiary/aromatic N) is 4. The van der Waals surface area contributed by atoms with Crippen molar-refractivity contribution in [3.05, 3.63) is 11.8 Å². The zero-order valence-corrected chi connectivity index (χ0v) is 9.41. The Kier molecular flexibility index (Phi) is 2.97. The molecule has 1 heterocycles. The quantitative estimate of drug-likeness (QED) is 0.757. The second-order valence-corrected chi connectivity index (χ2v) is 4.95. The molecule has 0 aliphatic heterocycles. The highest BCUT2D eigenvalue weighted by Gasteiger charge is 2.17. The lowest BCUT2D eigenvalue weighted by atomic mass is 10.4. The molecule has 0 fully saturated rings. The first-order valence-corrected chi connectivity index (χ1v) is 5.45. The van der Waals surface area contributed by atoms with Crippen molar-refractivity contribution in [3.63, 3.8) is 0 Å². The molecule has 0 radical (unpaired) electrons. The molecule has 0 aliphatic carbocycles. The van der Waals surface area contributed by atoms with Crippen LogP contribution in [0.15, 0.2) is 6.20 Å². The molecular weight excluding hydrogens is 218 g/mol. The van der Waals surface area contributed by atoms with E-state index < -0.39 is 10.2 Å². The van der Waals surface area contributed by atoms with E-state index in [-0.39, 0.29) is 11.4 Å². The third-order valence-electron chi connectivity index (χ3n) is 1.66. The largest absolute Gasteiger partial charge is 0.302 e. The Morgan fingerprint density at radius 2 is 2.20 bits per heavy atom. The van der Waals surface area contributed by atoms with E-state index in [1.165, 1.54) is 25.0 Å². The number of hydrogen-bond acceptors (Lipinski definition) is 4. The summed E-state index contributed by atoms with van der Waals surface area (Å²) in [6, 6.07) is 1.85. The Bertz CT molecular complexity index is 496. The van der Waals surface area contributed by atoms with E-state index in [2.05, 4.69) is 9.82 Å². The SMILES string of the molecule is CN(C)S(=O)(=O)Nc1nn(C)cc1C#N. The van der Waals surface area contributed by atoms with Gasteiger partial charge in [0.2, 0.25) is 0 Å². The normalized spacial score (nSPS) is 11.4. The van der Waals surface area contributed by atoms with Crippen LogP contribution in [0.3, 0.4) is 0 Å². The van der Waals surface area contributed by atoms with Crippen LogP contribution in [-0.2, 0) is 17.3 Å². The minimum Gasteiger partial charge on any atom is -0.272 e. The van der Waals surface area contributed by atoms with E-state index in [1.54, 1.807) is 7.05 Å². The van der Waals surface area contributed by atoms with Crippen molar-refractivity contribution >= 4 is 16.0 Å². The van der Waals surface area contributed by atoms with Crippen molar-refractivity contribution in [3.8, 4) is 6.07 Å². The van der Waals surface area contributed by atoms with Gasteiger partial charge in [-0.05, 0) is 0 Å². The standard InChI is InChI=1S/C7H11N5O2S/c1-11(2)15(13,14)10-7-6(4-8)5-12(3)9-7/h5H,1-3H3,(H,9,10). The van der Waals surface area contributed by atoms with Crippen LogP contribution >= 0.6 is 0 Å². The predicted octanol–water partition coefficient (Wildman–Crippen LogP) is -0.490. The molecule has 1 aromatic heterocycles. The number of hydrogen-bond donors (Lipinski definition) is 1. The van der Waals surface area contributed by atoms with Gasteiger partial charge in [0.15, 0.2) is 5.82 Å². The maximum Gasteiger partial charge on any atom is 0.302 e. The summed E-state index contributed by atoms with van der Waals surface area (Å²) < 4.78 is 27.4. The molecule has 0 aromatic carbocycles. The summed E-state index contributed by atoms with van der Waals surface area (Å²) in [6.45, 7) is 0. The van der Waals surface area contributed by atoms with Crippen LogP contribution in [0.25, 0.3) is 0 Å². The highest BCUT2D eigenvalue weighted by atomic mass is 32.2. The van der Waals surface area contributed by atoms with Crippen LogP contribution in [0.5, 0.6) is 0 Å². The number of aromatic nitrogens is 2. The lowest BCUT2D eigenvalue weighted by molar-refractivity contribution is 0.526. The molecule has 0 bridgehead atoms. The van der Waals surface area contributed by atoms with Crippen LogP contribution < -0.4 is 4.72 Å². The van der Waals surface area contributed by atoms with E-state index in [1.807, 2.05) is 6.07 Å². The molecule has 1 rings (SSSR count). The van der Waals surface area contributed by atoms with Gasteiger partial charge in [-0.1, -0.05) is 0 Å². The average molecular weight is 229 g/mol. The monoisotopic (exact) mass is 229 g/mol. The number of nitriles is 1. The number of rotatable bonds is 3. The van der Waals surface area contributed by atoms with Gasteiger partial charge in [-0.2, -0.15) is 23.1 Å². The van der Waals surface area contributed by atoms with E-state index in [4.69, 9.17) is 5.26 Å². The van der Waals surface area contributed by atoms with Gasteiger partial charge in [0.25, 0.3) is 0 Å². The second kappa shape index (κ2) is 3.88. The fourth-order valence-electron chi connectivity index (χ4n) is 0.859. The van der Waals surface area contributed by atoms with Crippen molar-refractivity contribution in [2.75, 3.05) is 18.8 Å². The summed E-state index contributed by atoms with van der Waals surface area (Å²) in [4.78, 5) is 0. The first-order chi connectivity index (χ1) is 6.86. The van der Waals surface area contributed by atoms with Gasteiger partial charge in [0, 0.05) is 27.3 Å². The minimum atomic E-state index is -3.61. The van der Waals surface area contributed by atoms with Crippen molar-refractivity contribution in [2.24, 2.45) is 7.05 Å². The van der Waals surface area contributed by atoms with Gasteiger partial charge in [0.1, 0.15) is 11.6 Å². The Morgan fingerprint density at radius 1 is 1.60 bits per heavy atom. The maximum absolute atomic E-state index is 11.4. The summed E-state index contributed by atoms with van der Waals surface area (Å²) in [7, 11) is 0.764. The number of anilines is 1. The third kappa shape index (κ3) is 2.45. The molecule has 1 aromatic rings. The number of aryl methyl sites for hydroxylation is 1. The molecule has 0 spiro atoms. The molecule has 1 N–H and O–H groups in total. The van der Waals surface area contributed by atoms with Gasteiger partial charge in [-0.25, -0.2) is 0 Å². The van der Waals surface area contributed by atoms with Gasteiger partial charge in [-0.3, -0.25) is 9.40 Å². The predicted molar refractivity (Wildman–Crippen MR) is 54.2 cm³/mol. The maximum atomic E-state index is 11.4. The lowest BCUT2D eigenvalue weighted by Gasteiger charge is -2.11. The molecule has 15 heavy (non-hydrogen) atoms. The average Bonchev–Trinajstić information content (AvgIpc) is 2.44. The van der Waals surface area contributed by atoms with Crippen LogP contribution in [0.1, 0.15) is 5.56 Å². The summed E-state index contributed by atoms with van der Waals surface area (Å²) >= 11 is 0.